The number of nitrogens with two attached hydrogens (primary N) is 2. The number of benzene rings is 1. The first-order valence-electron chi connectivity index (χ1n) is 8.37. The molecule has 0 atom stereocenters. The maximum absolute atomic E-state index is 12.1. The van der Waals surface area contributed by atoms with E-state index in [9.17, 15) is 18.0 Å². The van der Waals surface area contributed by atoms with Crippen LogP contribution in [0.25, 0.3) is 0 Å². The van der Waals surface area contributed by atoms with Gasteiger partial charge in [-0.25, -0.2) is 18.4 Å². The van der Waals surface area contributed by atoms with E-state index in [0.717, 1.165) is 4.68 Å². The van der Waals surface area contributed by atoms with Gasteiger partial charge in [-0.2, -0.15) is 9.67 Å². The molecule has 0 aliphatic carbocycles. The normalized spacial score (nSPS) is 10.8. The van der Waals surface area contributed by atoms with Gasteiger partial charge < -0.3 is 25.2 Å². The van der Waals surface area contributed by atoms with E-state index in [1.165, 1.54) is 48.8 Å². The lowest BCUT2D eigenvalue weighted by atomic mass is 10.3. The number of hydrogen-bond donors (Lipinski definition) is 4. The lowest BCUT2D eigenvalue weighted by molar-refractivity contribution is 0.0651. The van der Waals surface area contributed by atoms with Crippen LogP contribution in [0.3, 0.4) is 0 Å². The van der Waals surface area contributed by atoms with Gasteiger partial charge in [-0.1, -0.05) is 10.3 Å². The van der Waals surface area contributed by atoms with Crippen LogP contribution < -0.4 is 16.2 Å². The first kappa shape index (κ1) is 22.1. The van der Waals surface area contributed by atoms with Crippen molar-refractivity contribution in [2.45, 2.75) is 4.90 Å². The Morgan fingerprint density at radius 1 is 1.00 bits per heavy atom. The van der Waals surface area contributed by atoms with E-state index in [4.69, 9.17) is 20.5 Å². The van der Waals surface area contributed by atoms with Gasteiger partial charge in [0.2, 0.25) is 33.4 Å². The number of aromatic nitrogens is 5. The van der Waals surface area contributed by atoms with Crippen molar-refractivity contribution in [1.82, 2.24) is 25.1 Å². The number of primary sulfonamides is 1. The molecule has 3 aromatic heterocycles. The average Bonchev–Trinajstić information content (AvgIpc) is 3.50. The Morgan fingerprint density at radius 3 is 2.06 bits per heavy atom. The lowest BCUT2D eigenvalue weighted by Crippen LogP contribution is -2.15. The van der Waals surface area contributed by atoms with Gasteiger partial charge in [0, 0.05) is 17.8 Å². The topological polar surface area (TPSA) is 235 Å². The average molecular weight is 462 g/mol. The van der Waals surface area contributed by atoms with Gasteiger partial charge in [0.15, 0.2) is 0 Å². The molecule has 0 saturated heterocycles. The molecular weight excluding hydrogens is 448 g/mol. The van der Waals surface area contributed by atoms with Gasteiger partial charge in [-0.05, 0) is 24.3 Å². The van der Waals surface area contributed by atoms with Crippen LogP contribution >= 0.6 is 0 Å². The number of carboxylic acids is 1. The Morgan fingerprint density at radius 2 is 1.59 bits per heavy atom. The Labute approximate surface area is 178 Å². The number of rotatable bonds is 5. The highest BCUT2D eigenvalue weighted by molar-refractivity contribution is 7.89. The molecule has 166 valence electrons. The van der Waals surface area contributed by atoms with Crippen LogP contribution in [0, 0.1) is 0 Å². The molecular formula is C16H14N8O7S. The van der Waals surface area contributed by atoms with E-state index >= 15 is 0 Å². The molecule has 0 unspecified atom stereocenters. The number of aromatic carboxylic acids is 1. The second kappa shape index (κ2) is 9.06. The highest BCUT2D eigenvalue weighted by Crippen LogP contribution is 2.17. The molecule has 0 spiro atoms. The highest BCUT2D eigenvalue weighted by Gasteiger charge is 2.19. The molecule has 0 amide bonds. The first-order valence-corrected chi connectivity index (χ1v) is 9.91. The summed E-state index contributed by atoms with van der Waals surface area (Å²) in [4.78, 5) is 25.9. The van der Waals surface area contributed by atoms with Gasteiger partial charge in [0.05, 0.1) is 17.3 Å². The molecule has 3 heterocycles. The fourth-order valence-electron chi connectivity index (χ4n) is 2.14. The standard InChI is InChI=1S/C12H11N7O4S.C4H3NO3/c13-11-17-12(18-19(11)10(20)9-5-6-15-23-9)16-7-1-3-8(4-2-7)24(14,21)22;6-4(7)3-1-2-5-8-3/h1-6H,(H2,14,21,22)(H3,13,16,17,18);1-2H,(H,6,7). The molecule has 0 saturated carbocycles. The maximum atomic E-state index is 12.1. The van der Waals surface area contributed by atoms with Crippen molar-refractivity contribution in [3.8, 4) is 0 Å². The monoisotopic (exact) mass is 462 g/mol. The number of nitrogen functional groups attached to an aromatic ring is 1. The van der Waals surface area contributed by atoms with E-state index in [1.807, 2.05) is 0 Å². The fourth-order valence-corrected chi connectivity index (χ4v) is 2.66. The number of carbonyl (C=O) groups is 2. The number of nitrogens with one attached hydrogen (secondary N) is 1. The van der Waals surface area contributed by atoms with Crippen molar-refractivity contribution < 1.29 is 32.2 Å². The van der Waals surface area contributed by atoms with Crippen molar-refractivity contribution in [2.75, 3.05) is 11.1 Å². The van der Waals surface area contributed by atoms with Crippen LogP contribution in [0.5, 0.6) is 0 Å². The summed E-state index contributed by atoms with van der Waals surface area (Å²) in [5.41, 5.74) is 6.13. The molecule has 0 bridgehead atoms. The second-order valence-corrected chi connectivity index (χ2v) is 7.32. The number of anilines is 3. The molecule has 4 aromatic rings. The zero-order valence-corrected chi connectivity index (χ0v) is 16.6. The Bertz CT molecular complexity index is 1310. The maximum Gasteiger partial charge on any atom is 0.374 e. The van der Waals surface area contributed by atoms with Gasteiger partial charge in [0.1, 0.15) is 0 Å². The third-order valence-corrected chi connectivity index (χ3v) is 4.49. The molecule has 32 heavy (non-hydrogen) atoms. The SMILES string of the molecule is Nc1nc(Nc2ccc(S(N)(=O)=O)cc2)nn1C(=O)c1ccno1.O=C(O)c1ccno1. The minimum absolute atomic E-state index is 0.0356. The van der Waals surface area contributed by atoms with Crippen molar-refractivity contribution >= 4 is 39.5 Å². The van der Waals surface area contributed by atoms with Crippen LogP contribution in [-0.2, 0) is 10.0 Å². The number of nitrogens with zero attached hydrogens (tertiary/aromatic N) is 5. The van der Waals surface area contributed by atoms with Crippen molar-refractivity contribution in [3.63, 3.8) is 0 Å². The van der Waals surface area contributed by atoms with Crippen LogP contribution in [-0.4, -0.2) is 50.5 Å². The molecule has 0 aliphatic heterocycles. The van der Waals surface area contributed by atoms with Crippen LogP contribution in [0.2, 0.25) is 0 Å². The van der Waals surface area contributed by atoms with E-state index in [1.54, 1.807) is 0 Å². The summed E-state index contributed by atoms with van der Waals surface area (Å²) in [6.07, 6.45) is 2.59. The van der Waals surface area contributed by atoms with Crippen molar-refractivity contribution in [2.24, 2.45) is 5.14 Å². The van der Waals surface area contributed by atoms with Crippen LogP contribution in [0.1, 0.15) is 21.1 Å². The largest absolute Gasteiger partial charge is 0.475 e. The number of carboxylic acid groups (broad SMARTS) is 1. The van der Waals surface area contributed by atoms with Crippen LogP contribution in [0.4, 0.5) is 17.6 Å². The molecule has 4 rings (SSSR count). The van der Waals surface area contributed by atoms with Gasteiger partial charge >= 0.3 is 11.9 Å². The summed E-state index contributed by atoms with van der Waals surface area (Å²) in [5, 5.41) is 26.5. The van der Waals surface area contributed by atoms with E-state index in [0.29, 0.717) is 5.69 Å². The van der Waals surface area contributed by atoms with Gasteiger partial charge in [-0.15, -0.1) is 5.10 Å². The van der Waals surface area contributed by atoms with Gasteiger partial charge in [-0.3, -0.25) is 4.79 Å². The predicted octanol–water partition coefficient (Wildman–Crippen LogP) is 0.301. The molecule has 0 fully saturated rings. The summed E-state index contributed by atoms with van der Waals surface area (Å²) in [6.45, 7) is 0. The summed E-state index contributed by atoms with van der Waals surface area (Å²) < 4.78 is 32.2. The Balaban J connectivity index is 0.000000305. The van der Waals surface area contributed by atoms with Gasteiger partial charge in [0.25, 0.3) is 0 Å². The molecule has 6 N–H and O–H groups in total. The number of sulfonamides is 1. The number of hydrogen-bond acceptors (Lipinski definition) is 12. The Kier molecular flexibility index (Phi) is 6.26. The highest BCUT2D eigenvalue weighted by atomic mass is 32.2. The first-order chi connectivity index (χ1) is 15.1. The minimum atomic E-state index is -3.78. The van der Waals surface area contributed by atoms with Crippen LogP contribution in [0.15, 0.2) is 62.7 Å². The van der Waals surface area contributed by atoms with Crippen molar-refractivity contribution in [1.29, 1.82) is 0 Å². The fraction of sp³-hybridized carbons (Fsp3) is 0. The summed E-state index contributed by atoms with van der Waals surface area (Å²) in [6, 6.07) is 8.21. The lowest BCUT2D eigenvalue weighted by Gasteiger charge is -2.02. The minimum Gasteiger partial charge on any atom is -0.475 e. The second-order valence-electron chi connectivity index (χ2n) is 5.76. The zero-order valence-electron chi connectivity index (χ0n) is 15.8. The van der Waals surface area contributed by atoms with E-state index in [2.05, 4.69) is 30.2 Å². The van der Waals surface area contributed by atoms with E-state index in [-0.39, 0.29) is 28.3 Å². The van der Waals surface area contributed by atoms with Crippen molar-refractivity contribution in [3.05, 3.63) is 60.3 Å². The predicted molar refractivity (Wildman–Crippen MR) is 105 cm³/mol. The third-order valence-electron chi connectivity index (χ3n) is 3.56. The third kappa shape index (κ3) is 5.32. The molecule has 0 aliphatic rings. The molecule has 0 radical (unpaired) electrons. The summed E-state index contributed by atoms with van der Waals surface area (Å²) in [5.74, 6) is -2.01. The molecule has 1 aromatic carbocycles. The quantitative estimate of drug-likeness (QED) is 0.312. The Hall–Kier alpha value is -4.57. The summed E-state index contributed by atoms with van der Waals surface area (Å²) >= 11 is 0. The number of carbonyl (C=O) groups excluding carboxylic acids is 1. The molecule has 15 nitrogen and oxygen atoms in total. The summed E-state index contributed by atoms with van der Waals surface area (Å²) in [7, 11) is -3.78. The molecule has 16 heteroatoms. The zero-order chi connectivity index (χ0) is 23.3. The smallest absolute Gasteiger partial charge is 0.374 e. The van der Waals surface area contributed by atoms with E-state index < -0.39 is 21.9 Å².